The number of nitriles is 1. The highest BCUT2D eigenvalue weighted by Gasteiger charge is 2.34. The molecule has 0 atom stereocenters. The summed E-state index contributed by atoms with van der Waals surface area (Å²) in [6.45, 7) is 1.04. The molecular weight excluding hydrogens is 414 g/mol. The lowest BCUT2D eigenvalue weighted by Gasteiger charge is -2.36. The molecule has 29 heavy (non-hydrogen) atoms. The number of rotatable bonds is 10. The highest BCUT2D eigenvalue weighted by Crippen LogP contribution is 2.51. The molecule has 2 N–H and O–H groups in total. The number of ketones is 1. The molecule has 0 radical (unpaired) electrons. The van der Waals surface area contributed by atoms with Crippen LogP contribution in [0.5, 0.6) is 0 Å². The topological polar surface area (TPSA) is 125 Å². The summed E-state index contributed by atoms with van der Waals surface area (Å²) in [5, 5.41) is 27.9. The lowest BCUT2D eigenvalue weighted by atomic mass is 10.1. The fraction of sp³-hybridized carbons (Fsp3) is 0.300. The molecule has 0 fully saturated rings. The van der Waals surface area contributed by atoms with Crippen LogP contribution in [0.4, 0.5) is 0 Å². The van der Waals surface area contributed by atoms with Gasteiger partial charge in [0.15, 0.2) is 5.78 Å². The van der Waals surface area contributed by atoms with Gasteiger partial charge in [0.2, 0.25) is 0 Å². The molecule has 2 aromatic carbocycles. The maximum Gasteiger partial charge on any atom is 0.306 e. The number of aliphatic hydroxyl groups excluding tert-OH is 2. The maximum atomic E-state index is 12.8. The lowest BCUT2D eigenvalue weighted by molar-refractivity contribution is 0.102. The highest BCUT2D eigenvalue weighted by molar-refractivity contribution is 8.33. The van der Waals surface area contributed by atoms with Crippen molar-refractivity contribution in [3.63, 3.8) is 0 Å². The first-order valence-corrected chi connectivity index (χ1v) is 12.3. The Balaban J connectivity index is 2.34. The number of benzene rings is 2. The Morgan fingerprint density at radius 3 is 2.03 bits per heavy atom. The largest absolute Gasteiger partial charge is 0.395 e. The summed E-state index contributed by atoms with van der Waals surface area (Å²) in [4.78, 5) is 12.7. The molecule has 156 valence electrons. The van der Waals surface area contributed by atoms with Crippen LogP contribution in [0.1, 0.15) is 21.5 Å². The van der Waals surface area contributed by atoms with E-state index in [2.05, 4.69) is 0 Å². The number of carbonyl (C=O) groups is 1. The monoisotopic (exact) mass is 437 g/mol. The summed E-state index contributed by atoms with van der Waals surface area (Å²) in [7, 11) is -6.88. The van der Waals surface area contributed by atoms with Gasteiger partial charge in [0.25, 0.3) is 0 Å². The van der Waals surface area contributed by atoms with Crippen molar-refractivity contribution in [2.45, 2.75) is 11.8 Å². The summed E-state index contributed by atoms with van der Waals surface area (Å²) in [6, 6.07) is 14.0. The normalized spacial score (nSPS) is 12.3. The highest BCUT2D eigenvalue weighted by atomic mass is 32.3. The number of carbonyl (C=O) groups excluding carboxylic acids is 1. The van der Waals surface area contributed by atoms with Crippen LogP contribution in [0.3, 0.4) is 0 Å². The van der Waals surface area contributed by atoms with Gasteiger partial charge in [-0.15, -0.1) is 10.3 Å². The van der Waals surface area contributed by atoms with E-state index < -0.39 is 20.4 Å². The predicted octanol–water partition coefficient (Wildman–Crippen LogP) is 2.16. The molecule has 0 aliphatic rings. The Morgan fingerprint density at radius 2 is 1.55 bits per heavy atom. The van der Waals surface area contributed by atoms with Crippen molar-refractivity contribution < 1.29 is 27.1 Å². The number of hydrogen-bond acceptors (Lipinski definition) is 7. The minimum atomic E-state index is -4.20. The minimum absolute atomic E-state index is 0.0540. The second-order valence-electron chi connectivity index (χ2n) is 6.41. The van der Waals surface area contributed by atoms with Crippen LogP contribution in [-0.2, 0) is 13.7 Å². The predicted molar refractivity (Wildman–Crippen MR) is 111 cm³/mol. The van der Waals surface area contributed by atoms with Gasteiger partial charge in [-0.05, 0) is 31.2 Å². The average molecular weight is 438 g/mol. The summed E-state index contributed by atoms with van der Waals surface area (Å²) in [5.41, 5.74) is 1.57. The van der Waals surface area contributed by atoms with E-state index in [0.29, 0.717) is 11.1 Å². The first-order valence-electron chi connectivity index (χ1n) is 8.79. The third kappa shape index (κ3) is 6.13. The second kappa shape index (κ2) is 10.0. The summed E-state index contributed by atoms with van der Waals surface area (Å²) in [5.74, 6) is -0.794. The van der Waals surface area contributed by atoms with Gasteiger partial charge in [-0.1, -0.05) is 29.8 Å². The molecule has 0 aliphatic heterocycles. The zero-order chi connectivity index (χ0) is 21.5. The van der Waals surface area contributed by atoms with Crippen LogP contribution in [0.25, 0.3) is 0 Å². The van der Waals surface area contributed by atoms with Crippen LogP contribution < -0.4 is 0 Å². The molecule has 0 aliphatic carbocycles. The number of aryl methyl sites for hydroxylation is 1. The van der Waals surface area contributed by atoms with Crippen molar-refractivity contribution >= 4 is 26.2 Å². The molecule has 7 nitrogen and oxygen atoms in total. The van der Waals surface area contributed by atoms with E-state index in [-0.39, 0.29) is 41.2 Å². The van der Waals surface area contributed by atoms with Crippen LogP contribution in [0, 0.1) is 18.3 Å². The zero-order valence-corrected chi connectivity index (χ0v) is 17.6. The third-order valence-corrected chi connectivity index (χ3v) is 9.56. The molecule has 0 spiro atoms. The van der Waals surface area contributed by atoms with Crippen molar-refractivity contribution in [1.29, 1.82) is 5.26 Å². The molecule has 2 rings (SSSR count). The molecule has 0 saturated heterocycles. The van der Waals surface area contributed by atoms with E-state index in [1.807, 2.05) is 13.0 Å². The minimum Gasteiger partial charge on any atom is -0.395 e. The Labute approximate surface area is 172 Å². The van der Waals surface area contributed by atoms with Crippen molar-refractivity contribution in [2.75, 3.05) is 30.5 Å². The SMILES string of the molecule is Cc1ccc(S(=O)(=O)OS(CCO)(CCO)CC(=O)c2ccc(C#N)cc2)cc1. The van der Waals surface area contributed by atoms with Crippen molar-refractivity contribution in [3.05, 3.63) is 65.2 Å². The maximum absolute atomic E-state index is 12.8. The van der Waals surface area contributed by atoms with E-state index in [1.165, 1.54) is 36.4 Å². The zero-order valence-electron chi connectivity index (χ0n) is 15.9. The summed E-state index contributed by atoms with van der Waals surface area (Å²) < 4.78 is 31.1. The lowest BCUT2D eigenvalue weighted by Crippen LogP contribution is -2.27. The smallest absolute Gasteiger partial charge is 0.306 e. The molecule has 0 heterocycles. The molecule has 9 heteroatoms. The van der Waals surface area contributed by atoms with Gasteiger partial charge in [0.05, 0.1) is 35.5 Å². The van der Waals surface area contributed by atoms with Crippen LogP contribution in [0.15, 0.2) is 53.4 Å². The van der Waals surface area contributed by atoms with Gasteiger partial charge in [-0.2, -0.15) is 13.7 Å². The molecular formula is C20H23NO6S2. The Morgan fingerprint density at radius 1 is 1.00 bits per heavy atom. The van der Waals surface area contributed by atoms with Crippen LogP contribution in [-0.4, -0.2) is 54.9 Å². The number of aliphatic hydroxyl groups is 2. The molecule has 0 bridgehead atoms. The van der Waals surface area contributed by atoms with Gasteiger partial charge < -0.3 is 10.2 Å². The molecule has 0 saturated carbocycles. The molecule has 2 aromatic rings. The van der Waals surface area contributed by atoms with Crippen molar-refractivity contribution in [3.8, 4) is 6.07 Å². The van der Waals surface area contributed by atoms with Crippen LogP contribution >= 0.6 is 10.3 Å². The first-order chi connectivity index (χ1) is 13.7. The Bertz CT molecular complexity index is 973. The van der Waals surface area contributed by atoms with E-state index in [9.17, 15) is 23.4 Å². The van der Waals surface area contributed by atoms with Gasteiger partial charge in [-0.25, -0.2) is 3.63 Å². The van der Waals surface area contributed by atoms with E-state index in [4.69, 9.17) is 8.89 Å². The molecule has 0 aromatic heterocycles. The van der Waals surface area contributed by atoms with Gasteiger partial charge in [0.1, 0.15) is 0 Å². The third-order valence-electron chi connectivity index (χ3n) is 4.20. The summed E-state index contributed by atoms with van der Waals surface area (Å²) in [6.07, 6.45) is 0. The number of nitrogens with zero attached hydrogens (tertiary/aromatic N) is 1. The Hall–Kier alpha value is -2.22. The van der Waals surface area contributed by atoms with Gasteiger partial charge in [0, 0.05) is 17.1 Å². The van der Waals surface area contributed by atoms with E-state index in [0.717, 1.165) is 5.56 Å². The number of Topliss-reactive ketones (excluding diaryl/α,β-unsaturated/α-hetero) is 1. The van der Waals surface area contributed by atoms with Crippen molar-refractivity contribution in [1.82, 2.24) is 0 Å². The van der Waals surface area contributed by atoms with Gasteiger partial charge in [-0.3, -0.25) is 4.79 Å². The van der Waals surface area contributed by atoms with E-state index in [1.54, 1.807) is 12.1 Å². The van der Waals surface area contributed by atoms with Crippen LogP contribution in [0.2, 0.25) is 0 Å². The quantitative estimate of drug-likeness (QED) is 0.546. The molecule has 0 unspecified atom stereocenters. The average Bonchev–Trinajstić information content (AvgIpc) is 2.68. The Kier molecular flexibility index (Phi) is 7.96. The van der Waals surface area contributed by atoms with Crippen molar-refractivity contribution in [2.24, 2.45) is 0 Å². The van der Waals surface area contributed by atoms with Gasteiger partial charge >= 0.3 is 10.1 Å². The van der Waals surface area contributed by atoms with E-state index >= 15 is 0 Å². The number of hydrogen-bond donors (Lipinski definition) is 2. The first kappa shape index (κ1) is 23.1. The standard InChI is InChI=1S/C20H23NO6S2/c1-16-2-8-19(9-3-16)29(25,26)27-28(12-10-22,13-11-23)15-20(24)18-6-4-17(14-21)5-7-18/h2-9,22-23H,10-13,15H2,1H3. The summed E-state index contributed by atoms with van der Waals surface area (Å²) >= 11 is 0. The fourth-order valence-corrected chi connectivity index (χ4v) is 7.50. The fourth-order valence-electron chi connectivity index (χ4n) is 2.66. The molecule has 0 amide bonds. The second-order valence-corrected chi connectivity index (χ2v) is 11.4.